The van der Waals surface area contributed by atoms with Gasteiger partial charge in [-0.3, -0.25) is 0 Å². The molecule has 1 rings (SSSR count). The fraction of sp³-hybridized carbons (Fsp3) is 0.538. The number of nitrogens with one attached hydrogen (secondary N) is 1. The summed E-state index contributed by atoms with van der Waals surface area (Å²) in [6, 6.07) is 5.24. The van der Waals surface area contributed by atoms with Crippen LogP contribution in [0.25, 0.3) is 0 Å². The van der Waals surface area contributed by atoms with Gasteiger partial charge in [-0.05, 0) is 47.0 Å². The van der Waals surface area contributed by atoms with Crippen molar-refractivity contribution in [2.45, 2.75) is 45.6 Å². The van der Waals surface area contributed by atoms with Crippen molar-refractivity contribution >= 4 is 21.6 Å². The van der Waals surface area contributed by atoms with Gasteiger partial charge < -0.3 is 5.32 Å². The lowest BCUT2D eigenvalue weighted by molar-refractivity contribution is 0.592. The molecule has 1 atom stereocenters. The second-order valence-corrected chi connectivity index (χ2v) is 4.87. The quantitative estimate of drug-likeness (QED) is 0.779. The lowest BCUT2D eigenvalue weighted by Gasteiger charge is -2.19. The largest absolute Gasteiger partial charge is 0.381 e. The predicted octanol–water partition coefficient (Wildman–Crippen LogP) is 4.97. The van der Waals surface area contributed by atoms with Gasteiger partial charge in [-0.2, -0.15) is 0 Å². The normalized spacial score (nSPS) is 12.5. The van der Waals surface area contributed by atoms with E-state index in [9.17, 15) is 4.39 Å². The van der Waals surface area contributed by atoms with Gasteiger partial charge in [0, 0.05) is 16.2 Å². The zero-order valence-corrected chi connectivity index (χ0v) is 11.5. The summed E-state index contributed by atoms with van der Waals surface area (Å²) in [6.45, 7) is 4.37. The molecule has 0 fully saturated rings. The summed E-state index contributed by atoms with van der Waals surface area (Å²) in [5, 5.41) is 3.45. The van der Waals surface area contributed by atoms with Crippen molar-refractivity contribution in [2.24, 2.45) is 0 Å². The van der Waals surface area contributed by atoms with Gasteiger partial charge in [0.1, 0.15) is 5.82 Å². The maximum Gasteiger partial charge on any atom is 0.124 e. The third-order valence-electron chi connectivity index (χ3n) is 2.69. The van der Waals surface area contributed by atoms with E-state index in [0.717, 1.165) is 23.0 Å². The number of hydrogen-bond donors (Lipinski definition) is 1. The molecule has 0 amide bonds. The first kappa shape index (κ1) is 13.5. The molecule has 1 unspecified atom stereocenters. The van der Waals surface area contributed by atoms with Gasteiger partial charge in [0.2, 0.25) is 0 Å². The van der Waals surface area contributed by atoms with E-state index in [-0.39, 0.29) is 5.82 Å². The highest BCUT2D eigenvalue weighted by Crippen LogP contribution is 2.25. The first-order chi connectivity index (χ1) is 7.67. The molecule has 0 spiro atoms. The van der Waals surface area contributed by atoms with Crippen LogP contribution in [0, 0.1) is 5.82 Å². The Morgan fingerprint density at radius 3 is 2.69 bits per heavy atom. The Kier molecular flexibility index (Phi) is 5.81. The third kappa shape index (κ3) is 4.12. The van der Waals surface area contributed by atoms with E-state index in [1.165, 1.54) is 25.0 Å². The van der Waals surface area contributed by atoms with E-state index in [1.807, 2.05) is 0 Å². The van der Waals surface area contributed by atoms with Gasteiger partial charge in [0.15, 0.2) is 0 Å². The average Bonchev–Trinajstić information content (AvgIpc) is 2.27. The molecule has 1 aromatic rings. The number of anilines is 1. The zero-order valence-electron chi connectivity index (χ0n) is 9.89. The molecule has 0 aliphatic carbocycles. The van der Waals surface area contributed by atoms with Crippen molar-refractivity contribution in [3.8, 4) is 0 Å². The van der Waals surface area contributed by atoms with Crippen molar-refractivity contribution in [3.05, 3.63) is 28.5 Å². The van der Waals surface area contributed by atoms with Crippen molar-refractivity contribution in [2.75, 3.05) is 5.32 Å². The Morgan fingerprint density at radius 1 is 1.38 bits per heavy atom. The maximum absolute atomic E-state index is 12.9. The third-order valence-corrected chi connectivity index (χ3v) is 3.35. The van der Waals surface area contributed by atoms with Crippen LogP contribution in [0.4, 0.5) is 10.1 Å². The second kappa shape index (κ2) is 6.89. The molecule has 0 radical (unpaired) electrons. The van der Waals surface area contributed by atoms with E-state index in [0.29, 0.717) is 6.04 Å². The van der Waals surface area contributed by atoms with Crippen LogP contribution in [0.15, 0.2) is 22.7 Å². The van der Waals surface area contributed by atoms with Crippen molar-refractivity contribution in [3.63, 3.8) is 0 Å². The topological polar surface area (TPSA) is 12.0 Å². The first-order valence-corrected chi connectivity index (χ1v) is 6.68. The standard InChI is InChI=1S/C13H19BrFN/c1-3-5-6-11(4-2)16-13-8-7-10(15)9-12(13)14/h7-9,11,16H,3-6H2,1-2H3. The highest BCUT2D eigenvalue weighted by Gasteiger charge is 2.08. The number of unbranched alkanes of at least 4 members (excludes halogenated alkanes) is 1. The van der Waals surface area contributed by atoms with Gasteiger partial charge in [-0.25, -0.2) is 4.39 Å². The van der Waals surface area contributed by atoms with Crippen LogP contribution in [0.5, 0.6) is 0 Å². The number of hydrogen-bond acceptors (Lipinski definition) is 1. The fourth-order valence-corrected chi connectivity index (χ4v) is 2.12. The molecule has 16 heavy (non-hydrogen) atoms. The summed E-state index contributed by atoms with van der Waals surface area (Å²) in [5.74, 6) is -0.209. The summed E-state index contributed by atoms with van der Waals surface area (Å²) >= 11 is 3.37. The molecule has 0 saturated carbocycles. The Balaban J connectivity index is 2.62. The molecule has 0 aromatic heterocycles. The average molecular weight is 288 g/mol. The predicted molar refractivity (Wildman–Crippen MR) is 71.3 cm³/mol. The van der Waals surface area contributed by atoms with Gasteiger partial charge >= 0.3 is 0 Å². The molecule has 1 aromatic carbocycles. The number of halogens is 2. The highest BCUT2D eigenvalue weighted by atomic mass is 79.9. The SMILES string of the molecule is CCCCC(CC)Nc1ccc(F)cc1Br. The van der Waals surface area contributed by atoms with E-state index in [2.05, 4.69) is 35.1 Å². The van der Waals surface area contributed by atoms with E-state index < -0.39 is 0 Å². The van der Waals surface area contributed by atoms with Crippen molar-refractivity contribution in [1.82, 2.24) is 0 Å². The molecule has 1 nitrogen and oxygen atoms in total. The van der Waals surface area contributed by atoms with Crippen LogP contribution in [0.1, 0.15) is 39.5 Å². The maximum atomic E-state index is 12.9. The van der Waals surface area contributed by atoms with Crippen LogP contribution in [-0.4, -0.2) is 6.04 Å². The van der Waals surface area contributed by atoms with Crippen LogP contribution in [-0.2, 0) is 0 Å². The van der Waals surface area contributed by atoms with Gasteiger partial charge in [0.05, 0.1) is 0 Å². The molecule has 0 aliphatic rings. The van der Waals surface area contributed by atoms with E-state index in [4.69, 9.17) is 0 Å². The molecule has 0 bridgehead atoms. The molecular weight excluding hydrogens is 269 g/mol. The highest BCUT2D eigenvalue weighted by molar-refractivity contribution is 9.10. The minimum absolute atomic E-state index is 0.209. The molecule has 3 heteroatoms. The van der Waals surface area contributed by atoms with Crippen LogP contribution < -0.4 is 5.32 Å². The lowest BCUT2D eigenvalue weighted by atomic mass is 10.1. The molecule has 0 heterocycles. The minimum atomic E-state index is -0.209. The Hall–Kier alpha value is -0.570. The van der Waals surface area contributed by atoms with Crippen LogP contribution in [0.2, 0.25) is 0 Å². The Bertz CT molecular complexity index is 328. The van der Waals surface area contributed by atoms with Crippen LogP contribution in [0.3, 0.4) is 0 Å². The summed E-state index contributed by atoms with van der Waals surface area (Å²) in [4.78, 5) is 0. The monoisotopic (exact) mass is 287 g/mol. The van der Waals surface area contributed by atoms with Gasteiger partial charge in [-0.15, -0.1) is 0 Å². The second-order valence-electron chi connectivity index (χ2n) is 4.02. The molecule has 0 aliphatic heterocycles. The van der Waals surface area contributed by atoms with Crippen molar-refractivity contribution in [1.29, 1.82) is 0 Å². The van der Waals surface area contributed by atoms with Crippen LogP contribution >= 0.6 is 15.9 Å². The van der Waals surface area contributed by atoms with Gasteiger partial charge in [0.25, 0.3) is 0 Å². The number of benzene rings is 1. The molecular formula is C13H19BrFN. The Morgan fingerprint density at radius 2 is 2.12 bits per heavy atom. The first-order valence-electron chi connectivity index (χ1n) is 5.89. The minimum Gasteiger partial charge on any atom is -0.381 e. The van der Waals surface area contributed by atoms with E-state index in [1.54, 1.807) is 6.07 Å². The molecule has 1 N–H and O–H groups in total. The number of rotatable bonds is 6. The lowest BCUT2D eigenvalue weighted by Crippen LogP contribution is -2.18. The summed E-state index contributed by atoms with van der Waals surface area (Å²) in [7, 11) is 0. The summed E-state index contributed by atoms with van der Waals surface area (Å²) < 4.78 is 13.7. The summed E-state index contributed by atoms with van der Waals surface area (Å²) in [6.07, 6.45) is 4.69. The van der Waals surface area contributed by atoms with E-state index >= 15 is 0 Å². The molecule has 90 valence electrons. The Labute approximate surface area is 106 Å². The van der Waals surface area contributed by atoms with Gasteiger partial charge in [-0.1, -0.05) is 26.7 Å². The van der Waals surface area contributed by atoms with Crippen molar-refractivity contribution < 1.29 is 4.39 Å². The smallest absolute Gasteiger partial charge is 0.124 e. The molecule has 0 saturated heterocycles. The summed E-state index contributed by atoms with van der Waals surface area (Å²) in [5.41, 5.74) is 0.976. The zero-order chi connectivity index (χ0) is 12.0. The fourth-order valence-electron chi connectivity index (χ4n) is 1.66.